The van der Waals surface area contributed by atoms with Crippen molar-refractivity contribution >= 4 is 78.5 Å². The lowest BCUT2D eigenvalue weighted by Crippen LogP contribution is -2.56. The zero-order chi connectivity index (χ0) is 28.2. The number of rotatable bonds is 7. The van der Waals surface area contributed by atoms with Gasteiger partial charge in [-0.05, 0) is 72.4 Å². The first-order chi connectivity index (χ1) is 19.4. The highest BCUT2D eigenvalue weighted by Crippen LogP contribution is 2.33. The van der Waals surface area contributed by atoms with Crippen molar-refractivity contribution < 1.29 is 19.1 Å². The lowest BCUT2D eigenvalue weighted by Gasteiger charge is -2.36. The SMILES string of the molecule is COc1cc(C=C2C(=O)N(c3ccccc3)C(=S)N(c3ccccc3)C2=O)ccc1OCc1ccc(Br)cc1Br. The van der Waals surface area contributed by atoms with Crippen molar-refractivity contribution in [3.63, 3.8) is 0 Å². The van der Waals surface area contributed by atoms with E-state index < -0.39 is 11.8 Å². The number of nitrogens with zero attached hydrogens (tertiary/aromatic N) is 2. The van der Waals surface area contributed by atoms with Crippen LogP contribution >= 0.6 is 44.1 Å². The highest BCUT2D eigenvalue weighted by Gasteiger charge is 2.41. The van der Waals surface area contributed by atoms with Gasteiger partial charge < -0.3 is 9.47 Å². The second kappa shape index (κ2) is 12.2. The van der Waals surface area contributed by atoms with Gasteiger partial charge in [0.15, 0.2) is 16.6 Å². The molecule has 5 rings (SSSR count). The third-order valence-electron chi connectivity index (χ3n) is 6.18. The van der Waals surface area contributed by atoms with Gasteiger partial charge in [-0.3, -0.25) is 19.4 Å². The number of amides is 2. The summed E-state index contributed by atoms with van der Waals surface area (Å²) in [6.07, 6.45) is 1.55. The average Bonchev–Trinajstić information content (AvgIpc) is 2.96. The number of hydrogen-bond donors (Lipinski definition) is 0. The molecule has 40 heavy (non-hydrogen) atoms. The molecule has 6 nitrogen and oxygen atoms in total. The van der Waals surface area contributed by atoms with E-state index in [1.165, 1.54) is 16.9 Å². The van der Waals surface area contributed by atoms with Crippen molar-refractivity contribution in [1.29, 1.82) is 0 Å². The largest absolute Gasteiger partial charge is 0.493 e. The molecule has 1 fully saturated rings. The minimum atomic E-state index is -0.507. The predicted molar refractivity (Wildman–Crippen MR) is 168 cm³/mol. The van der Waals surface area contributed by atoms with Crippen LogP contribution in [-0.4, -0.2) is 24.0 Å². The van der Waals surface area contributed by atoms with Crippen LogP contribution in [0.3, 0.4) is 0 Å². The predicted octanol–water partition coefficient (Wildman–Crippen LogP) is 7.55. The van der Waals surface area contributed by atoms with Gasteiger partial charge in [-0.15, -0.1) is 0 Å². The van der Waals surface area contributed by atoms with Crippen molar-refractivity contribution in [2.75, 3.05) is 16.9 Å². The molecule has 0 atom stereocenters. The third kappa shape index (κ3) is 5.72. The minimum absolute atomic E-state index is 0.0316. The number of ether oxygens (including phenoxy) is 2. The fourth-order valence-electron chi connectivity index (χ4n) is 4.19. The molecule has 0 spiro atoms. The molecule has 0 aromatic heterocycles. The van der Waals surface area contributed by atoms with Crippen LogP contribution < -0.4 is 19.3 Å². The normalized spacial score (nSPS) is 13.5. The van der Waals surface area contributed by atoms with E-state index in [1.54, 1.807) is 48.5 Å². The van der Waals surface area contributed by atoms with E-state index >= 15 is 0 Å². The van der Waals surface area contributed by atoms with Gasteiger partial charge in [-0.25, -0.2) is 0 Å². The molecule has 1 heterocycles. The Bertz CT molecular complexity index is 1560. The smallest absolute Gasteiger partial charge is 0.270 e. The Morgan fingerprint density at radius 1 is 0.775 bits per heavy atom. The van der Waals surface area contributed by atoms with Crippen LogP contribution in [0.1, 0.15) is 11.1 Å². The van der Waals surface area contributed by atoms with Gasteiger partial charge in [0.2, 0.25) is 0 Å². The van der Waals surface area contributed by atoms with Crippen molar-refractivity contribution in [2.24, 2.45) is 0 Å². The van der Waals surface area contributed by atoms with Gasteiger partial charge in [-0.1, -0.05) is 80.4 Å². The Balaban J connectivity index is 1.50. The molecule has 1 aliphatic heterocycles. The van der Waals surface area contributed by atoms with Crippen LogP contribution in [-0.2, 0) is 16.2 Å². The molecular weight excluding hydrogens is 656 g/mol. The molecule has 0 unspecified atom stereocenters. The zero-order valence-electron chi connectivity index (χ0n) is 21.2. The van der Waals surface area contributed by atoms with E-state index in [-0.39, 0.29) is 10.7 Å². The summed E-state index contributed by atoms with van der Waals surface area (Å²) in [6, 6.07) is 29.2. The number of halogens is 2. The first-order valence-corrected chi connectivity index (χ1v) is 14.2. The van der Waals surface area contributed by atoms with Crippen LogP contribution in [0, 0.1) is 0 Å². The first kappa shape index (κ1) is 27.8. The third-order valence-corrected chi connectivity index (χ3v) is 7.77. The molecular formula is C31H22Br2N2O4S. The van der Waals surface area contributed by atoms with E-state index in [0.717, 1.165) is 14.5 Å². The maximum Gasteiger partial charge on any atom is 0.270 e. The number of hydrogen-bond acceptors (Lipinski definition) is 5. The lowest BCUT2D eigenvalue weighted by atomic mass is 10.0. The Labute approximate surface area is 254 Å². The quantitative estimate of drug-likeness (QED) is 0.115. The highest BCUT2D eigenvalue weighted by atomic mass is 79.9. The van der Waals surface area contributed by atoms with Crippen molar-refractivity contribution in [3.8, 4) is 11.5 Å². The standard InChI is InChI=1S/C31H22Br2N2O4S/c1-38-28-17-20(12-15-27(28)39-19-21-13-14-22(32)18-26(21)33)16-25-29(36)34(23-8-4-2-5-9-23)31(40)35(30(25)37)24-10-6-3-7-11-24/h2-18H,19H2,1H3. The number of para-hydroxylation sites is 2. The Morgan fingerprint density at radius 2 is 1.38 bits per heavy atom. The summed E-state index contributed by atoms with van der Waals surface area (Å²) in [5.41, 5.74) is 2.66. The lowest BCUT2D eigenvalue weighted by molar-refractivity contribution is -0.120. The van der Waals surface area contributed by atoms with Gasteiger partial charge in [-0.2, -0.15) is 0 Å². The molecule has 1 saturated heterocycles. The van der Waals surface area contributed by atoms with Gasteiger partial charge in [0, 0.05) is 14.5 Å². The molecule has 1 aliphatic rings. The Hall–Kier alpha value is -3.79. The van der Waals surface area contributed by atoms with E-state index in [0.29, 0.717) is 35.0 Å². The van der Waals surface area contributed by atoms with Gasteiger partial charge in [0.05, 0.1) is 18.5 Å². The van der Waals surface area contributed by atoms with Crippen LogP contribution in [0.2, 0.25) is 0 Å². The summed E-state index contributed by atoms with van der Waals surface area (Å²) in [5.74, 6) is -0.0204. The van der Waals surface area contributed by atoms with Crippen LogP contribution in [0.5, 0.6) is 11.5 Å². The topological polar surface area (TPSA) is 59.1 Å². The number of carbonyl (C=O) groups excluding carboxylic acids is 2. The molecule has 0 aliphatic carbocycles. The van der Waals surface area contributed by atoms with Crippen molar-refractivity contribution in [2.45, 2.75) is 6.61 Å². The fraction of sp³-hybridized carbons (Fsp3) is 0.0645. The molecule has 0 bridgehead atoms. The molecule has 4 aromatic carbocycles. The van der Waals surface area contributed by atoms with Crippen LogP contribution in [0.4, 0.5) is 11.4 Å². The second-order valence-electron chi connectivity index (χ2n) is 8.73. The molecule has 2 amide bonds. The number of benzene rings is 4. The number of thiocarbonyl (C=S) groups is 1. The van der Waals surface area contributed by atoms with Crippen LogP contribution in [0.15, 0.2) is 112 Å². The molecule has 9 heteroatoms. The maximum atomic E-state index is 13.7. The minimum Gasteiger partial charge on any atom is -0.493 e. The summed E-state index contributed by atoms with van der Waals surface area (Å²) >= 11 is 12.7. The Kier molecular flexibility index (Phi) is 8.44. The zero-order valence-corrected chi connectivity index (χ0v) is 25.2. The molecule has 4 aromatic rings. The van der Waals surface area contributed by atoms with E-state index in [1.807, 2.05) is 54.6 Å². The Morgan fingerprint density at radius 3 is 1.93 bits per heavy atom. The van der Waals surface area contributed by atoms with E-state index in [2.05, 4.69) is 31.9 Å². The average molecular weight is 678 g/mol. The summed E-state index contributed by atoms with van der Waals surface area (Å²) in [4.78, 5) is 30.2. The van der Waals surface area contributed by atoms with Gasteiger partial charge in [0.25, 0.3) is 11.8 Å². The second-order valence-corrected chi connectivity index (χ2v) is 10.9. The summed E-state index contributed by atoms with van der Waals surface area (Å²) in [5, 5.41) is 0.0879. The highest BCUT2D eigenvalue weighted by molar-refractivity contribution is 9.11. The van der Waals surface area contributed by atoms with Crippen molar-refractivity contribution in [1.82, 2.24) is 0 Å². The van der Waals surface area contributed by atoms with Gasteiger partial charge >= 0.3 is 0 Å². The molecule has 0 radical (unpaired) electrons. The monoisotopic (exact) mass is 676 g/mol. The summed E-state index contributed by atoms with van der Waals surface area (Å²) in [6.45, 7) is 0.317. The number of anilines is 2. The molecule has 0 N–H and O–H groups in total. The molecule has 200 valence electrons. The first-order valence-electron chi connectivity index (χ1n) is 12.2. The van der Waals surface area contributed by atoms with E-state index in [9.17, 15) is 9.59 Å². The van der Waals surface area contributed by atoms with Gasteiger partial charge in [0.1, 0.15) is 12.2 Å². The summed E-state index contributed by atoms with van der Waals surface area (Å²) < 4.78 is 13.5. The number of carbonyl (C=O) groups is 2. The van der Waals surface area contributed by atoms with Crippen LogP contribution in [0.25, 0.3) is 6.08 Å². The fourth-order valence-corrected chi connectivity index (χ4v) is 5.73. The molecule has 0 saturated carbocycles. The van der Waals surface area contributed by atoms with Crippen molar-refractivity contribution in [3.05, 3.63) is 123 Å². The number of methoxy groups -OCH3 is 1. The summed E-state index contributed by atoms with van der Waals surface area (Å²) in [7, 11) is 1.54. The van der Waals surface area contributed by atoms with E-state index in [4.69, 9.17) is 21.7 Å². The maximum absolute atomic E-state index is 13.7.